The Bertz CT molecular complexity index is 878. The number of nitrogens with zero attached hydrogens (tertiary/aromatic N) is 3. The molecule has 2 aliphatic heterocycles. The predicted octanol–water partition coefficient (Wildman–Crippen LogP) is 1.98. The van der Waals surface area contributed by atoms with Gasteiger partial charge in [-0.05, 0) is 56.4 Å². The van der Waals surface area contributed by atoms with Gasteiger partial charge in [-0.3, -0.25) is 4.68 Å². The fraction of sp³-hybridized carbons (Fsp3) is 0.526. The lowest BCUT2D eigenvalue weighted by molar-refractivity contribution is 0.113. The number of anilines is 1. The van der Waals surface area contributed by atoms with Gasteiger partial charge in [0.25, 0.3) is 0 Å². The SMILES string of the molecule is O=S(=O)(c1cccc(NCc2cc3n(n2)CCCC3)c1)N1CCC(O)CC1. The first kappa shape index (κ1) is 18.5. The summed E-state index contributed by atoms with van der Waals surface area (Å²) in [5.41, 5.74) is 3.02. The molecule has 1 aromatic carbocycles. The maximum Gasteiger partial charge on any atom is 0.243 e. The van der Waals surface area contributed by atoms with E-state index in [0.717, 1.165) is 24.3 Å². The van der Waals surface area contributed by atoms with Gasteiger partial charge in [0.1, 0.15) is 0 Å². The molecule has 2 N–H and O–H groups in total. The zero-order valence-corrected chi connectivity index (χ0v) is 16.2. The molecule has 3 heterocycles. The van der Waals surface area contributed by atoms with E-state index < -0.39 is 16.1 Å². The van der Waals surface area contributed by atoms with E-state index >= 15 is 0 Å². The van der Waals surface area contributed by atoms with E-state index in [1.54, 1.807) is 18.2 Å². The molecule has 0 atom stereocenters. The zero-order valence-electron chi connectivity index (χ0n) is 15.3. The fourth-order valence-corrected chi connectivity index (χ4v) is 5.27. The molecule has 7 nitrogen and oxygen atoms in total. The lowest BCUT2D eigenvalue weighted by Gasteiger charge is -2.28. The number of aliphatic hydroxyl groups excluding tert-OH is 1. The molecule has 1 saturated heterocycles. The quantitative estimate of drug-likeness (QED) is 0.815. The molecular formula is C19H26N4O3S. The Balaban J connectivity index is 1.45. The highest BCUT2D eigenvalue weighted by molar-refractivity contribution is 7.89. The molecule has 8 heteroatoms. The topological polar surface area (TPSA) is 87.5 Å². The van der Waals surface area contributed by atoms with Crippen molar-refractivity contribution >= 4 is 15.7 Å². The smallest absolute Gasteiger partial charge is 0.243 e. The van der Waals surface area contributed by atoms with Crippen molar-refractivity contribution in [2.24, 2.45) is 0 Å². The lowest BCUT2D eigenvalue weighted by atomic mass is 10.1. The number of fused-ring (bicyclic) bond motifs is 1. The number of hydrogen-bond donors (Lipinski definition) is 2. The maximum absolute atomic E-state index is 12.9. The summed E-state index contributed by atoms with van der Waals surface area (Å²) in [4.78, 5) is 0.285. The minimum Gasteiger partial charge on any atom is -0.393 e. The Hall–Kier alpha value is -1.90. The molecule has 27 heavy (non-hydrogen) atoms. The molecule has 0 spiro atoms. The van der Waals surface area contributed by atoms with Crippen LogP contribution in [0.25, 0.3) is 0 Å². The lowest BCUT2D eigenvalue weighted by Crippen LogP contribution is -2.39. The van der Waals surface area contributed by atoms with Gasteiger partial charge >= 0.3 is 0 Å². The highest BCUT2D eigenvalue weighted by atomic mass is 32.2. The molecule has 0 unspecified atom stereocenters. The first-order chi connectivity index (χ1) is 13.0. The van der Waals surface area contributed by atoms with Gasteiger partial charge < -0.3 is 10.4 Å². The molecule has 1 fully saturated rings. The van der Waals surface area contributed by atoms with Crippen LogP contribution in [-0.4, -0.2) is 46.8 Å². The second kappa shape index (κ2) is 7.61. The Morgan fingerprint density at radius 1 is 1.15 bits per heavy atom. The number of aromatic nitrogens is 2. The van der Waals surface area contributed by atoms with Crippen LogP contribution in [0, 0.1) is 0 Å². The van der Waals surface area contributed by atoms with Crippen molar-refractivity contribution < 1.29 is 13.5 Å². The van der Waals surface area contributed by atoms with E-state index in [1.807, 2.05) is 6.07 Å². The van der Waals surface area contributed by atoms with Gasteiger partial charge in [0, 0.05) is 31.0 Å². The number of piperidine rings is 1. The summed E-state index contributed by atoms with van der Waals surface area (Å²) in [7, 11) is -3.53. The third-order valence-corrected chi connectivity index (χ3v) is 7.23. The standard InChI is InChI=1S/C19H26N4O3S/c24-18-7-10-22(11-8-18)27(25,26)19-6-3-4-15(13-19)20-14-16-12-17-5-1-2-9-23(17)21-16/h3-4,6,12-13,18,20,24H,1-2,5,7-11,14H2. The number of hydrogen-bond acceptors (Lipinski definition) is 5. The summed E-state index contributed by atoms with van der Waals surface area (Å²) in [5, 5.41) is 17.5. The zero-order chi connectivity index (χ0) is 18.9. The number of rotatable bonds is 5. The first-order valence-electron chi connectivity index (χ1n) is 9.60. The molecule has 0 bridgehead atoms. The molecule has 4 rings (SSSR count). The monoisotopic (exact) mass is 390 g/mol. The molecular weight excluding hydrogens is 364 g/mol. The average Bonchev–Trinajstić information content (AvgIpc) is 3.10. The summed E-state index contributed by atoms with van der Waals surface area (Å²) in [6, 6.07) is 9.06. The van der Waals surface area contributed by atoms with Crippen molar-refractivity contribution in [2.75, 3.05) is 18.4 Å². The molecule has 2 aromatic rings. The van der Waals surface area contributed by atoms with Crippen LogP contribution in [0.1, 0.15) is 37.1 Å². The van der Waals surface area contributed by atoms with Crippen LogP contribution in [0.4, 0.5) is 5.69 Å². The summed E-state index contributed by atoms with van der Waals surface area (Å²) in [6.07, 6.45) is 4.04. The van der Waals surface area contributed by atoms with Gasteiger partial charge in [0.15, 0.2) is 0 Å². The minimum absolute atomic E-state index is 0.285. The molecule has 2 aliphatic rings. The number of aryl methyl sites for hydroxylation is 2. The normalized spacial score (nSPS) is 19.0. The van der Waals surface area contributed by atoms with Gasteiger partial charge in [-0.2, -0.15) is 9.40 Å². The number of sulfonamides is 1. The molecule has 0 saturated carbocycles. The Labute approximate surface area is 160 Å². The number of aliphatic hydroxyl groups is 1. The molecule has 1 aromatic heterocycles. The Morgan fingerprint density at radius 2 is 1.96 bits per heavy atom. The second-order valence-electron chi connectivity index (χ2n) is 7.32. The highest BCUT2D eigenvalue weighted by Gasteiger charge is 2.28. The van der Waals surface area contributed by atoms with Crippen molar-refractivity contribution in [3.8, 4) is 0 Å². The van der Waals surface area contributed by atoms with Crippen LogP contribution in [0.3, 0.4) is 0 Å². The van der Waals surface area contributed by atoms with Gasteiger partial charge in [-0.25, -0.2) is 8.42 Å². The average molecular weight is 391 g/mol. The third-order valence-electron chi connectivity index (χ3n) is 5.34. The first-order valence-corrected chi connectivity index (χ1v) is 11.0. The van der Waals surface area contributed by atoms with Crippen LogP contribution in [0.15, 0.2) is 35.2 Å². The van der Waals surface area contributed by atoms with Crippen molar-refractivity contribution in [3.63, 3.8) is 0 Å². The van der Waals surface area contributed by atoms with Gasteiger partial charge in [0.2, 0.25) is 10.0 Å². The van der Waals surface area contributed by atoms with Crippen LogP contribution in [-0.2, 0) is 29.5 Å². The minimum atomic E-state index is -3.53. The molecule has 146 valence electrons. The van der Waals surface area contributed by atoms with E-state index in [1.165, 1.54) is 22.8 Å². The van der Waals surface area contributed by atoms with E-state index in [4.69, 9.17) is 0 Å². The molecule has 0 aliphatic carbocycles. The summed E-state index contributed by atoms with van der Waals surface area (Å²) in [5.74, 6) is 0. The number of benzene rings is 1. The van der Waals surface area contributed by atoms with E-state index in [-0.39, 0.29) is 4.90 Å². The summed E-state index contributed by atoms with van der Waals surface area (Å²) in [6.45, 7) is 2.27. The Kier molecular flexibility index (Phi) is 5.21. The van der Waals surface area contributed by atoms with Gasteiger partial charge in [0.05, 0.1) is 23.2 Å². The van der Waals surface area contributed by atoms with E-state index in [0.29, 0.717) is 32.5 Å². The summed E-state index contributed by atoms with van der Waals surface area (Å²) < 4.78 is 29.2. The largest absolute Gasteiger partial charge is 0.393 e. The van der Waals surface area contributed by atoms with Crippen LogP contribution >= 0.6 is 0 Å². The van der Waals surface area contributed by atoms with E-state index in [9.17, 15) is 13.5 Å². The van der Waals surface area contributed by atoms with Crippen LogP contribution in [0.2, 0.25) is 0 Å². The van der Waals surface area contributed by atoms with Crippen molar-refractivity contribution in [1.29, 1.82) is 0 Å². The summed E-state index contributed by atoms with van der Waals surface area (Å²) >= 11 is 0. The van der Waals surface area contributed by atoms with E-state index in [2.05, 4.69) is 21.2 Å². The molecule has 0 radical (unpaired) electrons. The van der Waals surface area contributed by atoms with Crippen LogP contribution in [0.5, 0.6) is 0 Å². The van der Waals surface area contributed by atoms with Gasteiger partial charge in [-0.1, -0.05) is 6.07 Å². The highest BCUT2D eigenvalue weighted by Crippen LogP contribution is 2.23. The Morgan fingerprint density at radius 3 is 2.74 bits per heavy atom. The second-order valence-corrected chi connectivity index (χ2v) is 9.26. The maximum atomic E-state index is 12.9. The fourth-order valence-electron chi connectivity index (χ4n) is 3.75. The van der Waals surface area contributed by atoms with Crippen molar-refractivity contribution in [2.45, 2.75) is 56.2 Å². The van der Waals surface area contributed by atoms with Crippen molar-refractivity contribution in [3.05, 3.63) is 41.7 Å². The molecule has 0 amide bonds. The number of nitrogens with one attached hydrogen (secondary N) is 1. The third kappa shape index (κ3) is 4.02. The van der Waals surface area contributed by atoms with Crippen LogP contribution < -0.4 is 5.32 Å². The van der Waals surface area contributed by atoms with Crippen molar-refractivity contribution in [1.82, 2.24) is 14.1 Å². The van der Waals surface area contributed by atoms with Gasteiger partial charge in [-0.15, -0.1) is 0 Å². The predicted molar refractivity (Wildman–Crippen MR) is 103 cm³/mol.